The highest BCUT2D eigenvalue weighted by molar-refractivity contribution is 6.07. The second kappa shape index (κ2) is 8.86. The molecule has 0 radical (unpaired) electrons. The molecule has 2 aromatic carbocycles. The number of carbonyl (C=O) groups excluding carboxylic acids is 1. The summed E-state index contributed by atoms with van der Waals surface area (Å²) < 4.78 is 16.0. The van der Waals surface area contributed by atoms with Gasteiger partial charge in [0.15, 0.2) is 11.5 Å². The second-order valence-corrected chi connectivity index (χ2v) is 7.07. The van der Waals surface area contributed by atoms with E-state index in [4.69, 9.17) is 14.2 Å². The van der Waals surface area contributed by atoms with Crippen LogP contribution < -0.4 is 19.5 Å². The number of pyridine rings is 1. The van der Waals surface area contributed by atoms with Crippen molar-refractivity contribution in [3.63, 3.8) is 0 Å². The standard InChI is InChI=1S/C24H26N2O4/c1-14-9-15(2)23-18(10-14)19(11-16(3)25-23)26-22(27)8-7-17-12-20(28-4)24(30-6)21(13-17)29-5/h7-13H,1-6H3,(H,25,26,27)/b8-7+. The monoisotopic (exact) mass is 406 g/mol. The van der Waals surface area contributed by atoms with Gasteiger partial charge >= 0.3 is 0 Å². The molecule has 0 unspecified atom stereocenters. The van der Waals surface area contributed by atoms with Crippen molar-refractivity contribution in [3.8, 4) is 17.2 Å². The Labute approximate surface area is 176 Å². The van der Waals surface area contributed by atoms with Gasteiger partial charge in [0.1, 0.15) is 0 Å². The molecule has 0 fully saturated rings. The van der Waals surface area contributed by atoms with E-state index in [0.29, 0.717) is 17.2 Å². The molecular weight excluding hydrogens is 380 g/mol. The first-order valence-electron chi connectivity index (χ1n) is 9.54. The Morgan fingerprint density at radius 3 is 2.20 bits per heavy atom. The summed E-state index contributed by atoms with van der Waals surface area (Å²) in [5.74, 6) is 1.32. The number of fused-ring (bicyclic) bond motifs is 1. The third kappa shape index (κ3) is 4.38. The van der Waals surface area contributed by atoms with Crippen LogP contribution in [0.1, 0.15) is 22.4 Å². The van der Waals surface area contributed by atoms with Crippen molar-refractivity contribution in [1.29, 1.82) is 0 Å². The molecule has 3 aromatic rings. The molecule has 1 aromatic heterocycles. The van der Waals surface area contributed by atoms with E-state index < -0.39 is 0 Å². The van der Waals surface area contributed by atoms with Crippen molar-refractivity contribution in [2.24, 2.45) is 0 Å². The second-order valence-electron chi connectivity index (χ2n) is 7.07. The highest BCUT2D eigenvalue weighted by atomic mass is 16.5. The number of methoxy groups -OCH3 is 3. The molecule has 156 valence electrons. The molecule has 0 aliphatic rings. The van der Waals surface area contributed by atoms with Crippen molar-refractivity contribution in [2.75, 3.05) is 26.6 Å². The minimum atomic E-state index is -0.241. The topological polar surface area (TPSA) is 69.7 Å². The lowest BCUT2D eigenvalue weighted by molar-refractivity contribution is -0.111. The minimum absolute atomic E-state index is 0.241. The number of aryl methyl sites for hydroxylation is 3. The summed E-state index contributed by atoms with van der Waals surface area (Å²) >= 11 is 0. The van der Waals surface area contributed by atoms with Crippen LogP contribution in [0.4, 0.5) is 5.69 Å². The fraction of sp³-hybridized carbons (Fsp3) is 0.250. The molecular formula is C24H26N2O4. The van der Waals surface area contributed by atoms with Crippen molar-refractivity contribution in [1.82, 2.24) is 4.98 Å². The number of amides is 1. The molecule has 0 saturated heterocycles. The predicted octanol–water partition coefficient (Wildman–Crippen LogP) is 4.84. The largest absolute Gasteiger partial charge is 0.493 e. The van der Waals surface area contributed by atoms with Crippen molar-refractivity contribution >= 4 is 28.6 Å². The van der Waals surface area contributed by atoms with Gasteiger partial charge in [0.2, 0.25) is 11.7 Å². The summed E-state index contributed by atoms with van der Waals surface area (Å²) in [6.45, 7) is 5.97. The van der Waals surface area contributed by atoms with Gasteiger partial charge < -0.3 is 19.5 Å². The summed E-state index contributed by atoms with van der Waals surface area (Å²) in [7, 11) is 4.66. The maximum absolute atomic E-state index is 12.6. The van der Waals surface area contributed by atoms with Gasteiger partial charge in [0, 0.05) is 17.2 Å². The zero-order valence-corrected chi connectivity index (χ0v) is 18.1. The van der Waals surface area contributed by atoms with E-state index in [9.17, 15) is 4.79 Å². The molecule has 1 heterocycles. The zero-order chi connectivity index (χ0) is 21.8. The lowest BCUT2D eigenvalue weighted by Crippen LogP contribution is -2.09. The normalized spacial score (nSPS) is 11.0. The Balaban J connectivity index is 1.90. The molecule has 1 N–H and O–H groups in total. The average molecular weight is 406 g/mol. The molecule has 1 amide bonds. The maximum Gasteiger partial charge on any atom is 0.248 e. The van der Waals surface area contributed by atoms with Gasteiger partial charge in [0.25, 0.3) is 0 Å². The number of hydrogen-bond acceptors (Lipinski definition) is 5. The summed E-state index contributed by atoms with van der Waals surface area (Å²) in [6, 6.07) is 9.57. The van der Waals surface area contributed by atoms with E-state index in [0.717, 1.165) is 39.0 Å². The van der Waals surface area contributed by atoms with E-state index in [1.807, 2.05) is 32.9 Å². The summed E-state index contributed by atoms with van der Waals surface area (Å²) in [5, 5.41) is 3.90. The van der Waals surface area contributed by atoms with E-state index in [1.54, 1.807) is 39.5 Å². The Kier molecular flexibility index (Phi) is 6.26. The number of rotatable bonds is 6. The van der Waals surface area contributed by atoms with Crippen molar-refractivity contribution < 1.29 is 19.0 Å². The Bertz CT molecular complexity index is 1110. The van der Waals surface area contributed by atoms with Crippen LogP contribution in [0.5, 0.6) is 17.2 Å². The number of carbonyl (C=O) groups is 1. The lowest BCUT2D eigenvalue weighted by Gasteiger charge is -2.13. The highest BCUT2D eigenvalue weighted by Gasteiger charge is 2.13. The minimum Gasteiger partial charge on any atom is -0.493 e. The number of ether oxygens (including phenoxy) is 3. The van der Waals surface area contributed by atoms with Crippen LogP contribution in [0.25, 0.3) is 17.0 Å². The lowest BCUT2D eigenvalue weighted by atomic mass is 10.0. The smallest absolute Gasteiger partial charge is 0.248 e. The summed E-state index contributed by atoms with van der Waals surface area (Å²) in [5.41, 5.74) is 5.43. The number of aromatic nitrogens is 1. The fourth-order valence-electron chi connectivity index (χ4n) is 3.46. The van der Waals surface area contributed by atoms with Gasteiger partial charge in [-0.2, -0.15) is 0 Å². The Morgan fingerprint density at radius 2 is 1.60 bits per heavy atom. The van der Waals surface area contributed by atoms with Crippen molar-refractivity contribution in [2.45, 2.75) is 20.8 Å². The number of anilines is 1. The van der Waals surface area contributed by atoms with Crippen LogP contribution in [-0.4, -0.2) is 32.2 Å². The van der Waals surface area contributed by atoms with Crippen LogP contribution in [0.3, 0.4) is 0 Å². The Morgan fingerprint density at radius 1 is 0.933 bits per heavy atom. The number of benzene rings is 2. The van der Waals surface area contributed by atoms with E-state index in [2.05, 4.69) is 16.4 Å². The average Bonchev–Trinajstić information content (AvgIpc) is 2.72. The number of nitrogens with one attached hydrogen (secondary N) is 1. The molecule has 6 nitrogen and oxygen atoms in total. The fourth-order valence-corrected chi connectivity index (χ4v) is 3.46. The van der Waals surface area contributed by atoms with Gasteiger partial charge in [-0.15, -0.1) is 0 Å². The first kappa shape index (κ1) is 21.2. The molecule has 0 aliphatic carbocycles. The molecule has 30 heavy (non-hydrogen) atoms. The van der Waals surface area contributed by atoms with Crippen molar-refractivity contribution in [3.05, 3.63) is 58.8 Å². The molecule has 3 rings (SSSR count). The van der Waals surface area contributed by atoms with Crippen LogP contribution in [0.15, 0.2) is 36.4 Å². The molecule has 0 bridgehead atoms. The third-order valence-corrected chi connectivity index (χ3v) is 4.75. The van der Waals surface area contributed by atoms with Crippen LogP contribution in [0.2, 0.25) is 0 Å². The van der Waals surface area contributed by atoms with Crippen LogP contribution in [0, 0.1) is 20.8 Å². The molecule has 0 aliphatic heterocycles. The van der Waals surface area contributed by atoms with E-state index in [-0.39, 0.29) is 5.91 Å². The maximum atomic E-state index is 12.6. The molecule has 0 atom stereocenters. The SMILES string of the molecule is COc1cc(/C=C/C(=O)Nc2cc(C)nc3c(C)cc(C)cc23)cc(OC)c1OC. The van der Waals surface area contributed by atoms with E-state index in [1.165, 1.54) is 6.08 Å². The Hall–Kier alpha value is -3.54. The highest BCUT2D eigenvalue weighted by Crippen LogP contribution is 2.38. The zero-order valence-electron chi connectivity index (χ0n) is 18.1. The predicted molar refractivity (Wildman–Crippen MR) is 120 cm³/mol. The first-order chi connectivity index (χ1) is 14.4. The molecule has 0 spiro atoms. The van der Waals surface area contributed by atoms with E-state index >= 15 is 0 Å². The third-order valence-electron chi connectivity index (χ3n) is 4.75. The van der Waals surface area contributed by atoms with Gasteiger partial charge in [-0.25, -0.2) is 0 Å². The number of hydrogen-bond donors (Lipinski definition) is 1. The number of nitrogens with zero attached hydrogens (tertiary/aromatic N) is 1. The summed E-state index contributed by atoms with van der Waals surface area (Å²) in [6.07, 6.45) is 3.18. The molecule has 6 heteroatoms. The summed E-state index contributed by atoms with van der Waals surface area (Å²) in [4.78, 5) is 17.3. The quantitative estimate of drug-likeness (QED) is 0.593. The van der Waals surface area contributed by atoms with Gasteiger partial charge in [0.05, 0.1) is 32.5 Å². The van der Waals surface area contributed by atoms with Crippen LogP contribution >= 0.6 is 0 Å². The van der Waals surface area contributed by atoms with Gasteiger partial charge in [-0.1, -0.05) is 11.6 Å². The van der Waals surface area contributed by atoms with Gasteiger partial charge in [-0.05, 0) is 62.2 Å². The van der Waals surface area contributed by atoms with Crippen LogP contribution in [-0.2, 0) is 4.79 Å². The molecule has 0 saturated carbocycles. The van der Waals surface area contributed by atoms with Gasteiger partial charge in [-0.3, -0.25) is 9.78 Å². The first-order valence-corrected chi connectivity index (χ1v) is 9.54.